The Morgan fingerprint density at radius 2 is 1.87 bits per heavy atom. The number of hydrogen-bond donors (Lipinski definition) is 1. The zero-order valence-electron chi connectivity index (χ0n) is 19.5. The predicted molar refractivity (Wildman–Crippen MR) is 115 cm³/mol. The number of carbonyl (C=O) groups is 3. The molecular formula is C24H36O7. The average molecular weight is 437 g/mol. The van der Waals surface area contributed by atoms with E-state index >= 15 is 0 Å². The second-order valence-corrected chi connectivity index (χ2v) is 9.09. The number of esters is 3. The van der Waals surface area contributed by atoms with Gasteiger partial charge in [-0.3, -0.25) is 9.59 Å². The lowest BCUT2D eigenvalue weighted by molar-refractivity contribution is -0.153. The minimum atomic E-state index is -1.23. The average Bonchev–Trinajstić information content (AvgIpc) is 2.97. The van der Waals surface area contributed by atoms with E-state index in [0.29, 0.717) is 24.0 Å². The summed E-state index contributed by atoms with van der Waals surface area (Å²) in [6, 6.07) is 0. The first-order valence-corrected chi connectivity index (χ1v) is 11.0. The summed E-state index contributed by atoms with van der Waals surface area (Å²) in [5, 5.41) is 11.4. The Labute approximate surface area is 184 Å². The molecule has 0 bridgehead atoms. The number of allylic oxidation sites excluding steroid dienone is 1. The normalized spacial score (nSPS) is 35.7. The molecule has 2 rings (SSSR count). The van der Waals surface area contributed by atoms with Crippen LogP contribution in [-0.4, -0.2) is 46.9 Å². The van der Waals surface area contributed by atoms with Crippen molar-refractivity contribution in [2.75, 3.05) is 0 Å². The summed E-state index contributed by atoms with van der Waals surface area (Å²) in [4.78, 5) is 36.4. The lowest BCUT2D eigenvalue weighted by Crippen LogP contribution is -2.41. The van der Waals surface area contributed by atoms with Crippen LogP contribution in [0.3, 0.4) is 0 Å². The Bertz CT molecular complexity index is 751. The van der Waals surface area contributed by atoms with Crippen LogP contribution in [0.1, 0.15) is 67.2 Å². The number of rotatable bonds is 6. The molecule has 2 aliphatic carbocycles. The van der Waals surface area contributed by atoms with Crippen molar-refractivity contribution in [3.63, 3.8) is 0 Å². The quantitative estimate of drug-likeness (QED) is 0.294. The van der Waals surface area contributed by atoms with E-state index in [1.165, 1.54) is 6.92 Å². The maximum Gasteiger partial charge on any atom is 0.333 e. The van der Waals surface area contributed by atoms with Crippen LogP contribution in [0.4, 0.5) is 0 Å². The number of carbonyl (C=O) groups excluding carboxylic acids is 3. The molecule has 0 aromatic heterocycles. The SMILES string of the molecule is C=C1[C@@H](OC(=O)CCC)C[C@](C)(O)[C@H]2C[C@@H](OC(=O)/C(C)=C\C)[C@H](C)[C@H]2[C@@H]1OC(C)=O. The molecule has 0 aromatic rings. The van der Waals surface area contributed by atoms with E-state index in [4.69, 9.17) is 14.2 Å². The first kappa shape index (κ1) is 25.1. The molecule has 7 nitrogen and oxygen atoms in total. The van der Waals surface area contributed by atoms with Crippen LogP contribution in [0, 0.1) is 17.8 Å². The molecule has 0 amide bonds. The van der Waals surface area contributed by atoms with Gasteiger partial charge in [-0.2, -0.15) is 0 Å². The molecular weight excluding hydrogens is 400 g/mol. The Morgan fingerprint density at radius 3 is 2.42 bits per heavy atom. The second-order valence-electron chi connectivity index (χ2n) is 9.09. The lowest BCUT2D eigenvalue weighted by atomic mass is 9.77. The molecule has 2 fully saturated rings. The minimum absolute atomic E-state index is 0.140. The van der Waals surface area contributed by atoms with E-state index in [0.717, 1.165) is 0 Å². The van der Waals surface area contributed by atoms with Crippen molar-refractivity contribution >= 4 is 17.9 Å². The zero-order valence-corrected chi connectivity index (χ0v) is 19.5. The molecule has 0 aromatic carbocycles. The molecule has 2 aliphatic rings. The summed E-state index contributed by atoms with van der Waals surface area (Å²) >= 11 is 0. The molecule has 174 valence electrons. The van der Waals surface area contributed by atoms with Gasteiger partial charge in [-0.1, -0.05) is 26.5 Å². The third-order valence-electron chi connectivity index (χ3n) is 6.70. The smallest absolute Gasteiger partial charge is 0.333 e. The summed E-state index contributed by atoms with van der Waals surface area (Å²) < 4.78 is 17.0. The summed E-state index contributed by atoms with van der Waals surface area (Å²) in [7, 11) is 0. The molecule has 1 N–H and O–H groups in total. The van der Waals surface area contributed by atoms with Crippen molar-refractivity contribution in [2.45, 2.75) is 91.1 Å². The van der Waals surface area contributed by atoms with E-state index in [2.05, 4.69) is 6.58 Å². The third-order valence-corrected chi connectivity index (χ3v) is 6.70. The largest absolute Gasteiger partial charge is 0.459 e. The van der Waals surface area contributed by atoms with Gasteiger partial charge >= 0.3 is 17.9 Å². The number of hydrogen-bond acceptors (Lipinski definition) is 7. The number of fused-ring (bicyclic) bond motifs is 1. The van der Waals surface area contributed by atoms with Crippen molar-refractivity contribution in [1.82, 2.24) is 0 Å². The highest BCUT2D eigenvalue weighted by Gasteiger charge is 2.58. The molecule has 0 saturated heterocycles. The van der Waals surface area contributed by atoms with Crippen LogP contribution in [0.5, 0.6) is 0 Å². The Balaban J connectivity index is 2.38. The number of aliphatic hydroxyl groups is 1. The highest BCUT2D eigenvalue weighted by atomic mass is 16.6. The molecule has 7 atom stereocenters. The molecule has 31 heavy (non-hydrogen) atoms. The lowest BCUT2D eigenvalue weighted by Gasteiger charge is -2.34. The van der Waals surface area contributed by atoms with Gasteiger partial charge < -0.3 is 19.3 Å². The van der Waals surface area contributed by atoms with Gasteiger partial charge in [0.2, 0.25) is 0 Å². The maximum absolute atomic E-state index is 12.4. The van der Waals surface area contributed by atoms with Crippen LogP contribution in [-0.2, 0) is 28.6 Å². The van der Waals surface area contributed by atoms with Gasteiger partial charge in [0.15, 0.2) is 0 Å². The summed E-state index contributed by atoms with van der Waals surface area (Å²) in [5.41, 5.74) is -0.268. The van der Waals surface area contributed by atoms with E-state index in [1.54, 1.807) is 26.8 Å². The Hall–Kier alpha value is -2.15. The van der Waals surface area contributed by atoms with Crippen LogP contribution in [0.2, 0.25) is 0 Å². The highest BCUT2D eigenvalue weighted by Crippen LogP contribution is 2.52. The third kappa shape index (κ3) is 5.56. The van der Waals surface area contributed by atoms with Crippen LogP contribution in [0.25, 0.3) is 0 Å². The standard InChI is InChI=1S/C24H36O7/c1-8-10-20(26)30-19-12-24(7,28)17-11-18(31-23(27)13(3)9-2)14(4)21(17)22(15(19)5)29-16(6)25/h9,14,17-19,21-22,28H,5,8,10-12H2,1-4,6-7H3/b13-9-/t14-,17-,18+,19-,21+,22+,24-/m0/s1. The predicted octanol–water partition coefficient (Wildman–Crippen LogP) is 3.49. The van der Waals surface area contributed by atoms with Gasteiger partial charge in [0.05, 0.1) is 5.60 Å². The van der Waals surface area contributed by atoms with E-state index < -0.39 is 35.9 Å². The van der Waals surface area contributed by atoms with Crippen LogP contribution < -0.4 is 0 Å². The maximum atomic E-state index is 12.4. The van der Waals surface area contributed by atoms with Crippen molar-refractivity contribution < 1.29 is 33.7 Å². The van der Waals surface area contributed by atoms with Crippen LogP contribution >= 0.6 is 0 Å². The second kappa shape index (κ2) is 9.98. The van der Waals surface area contributed by atoms with Gasteiger partial charge in [0.25, 0.3) is 0 Å². The Morgan fingerprint density at radius 1 is 1.23 bits per heavy atom. The molecule has 2 saturated carbocycles. The van der Waals surface area contributed by atoms with Crippen molar-refractivity contribution in [3.8, 4) is 0 Å². The summed E-state index contributed by atoms with van der Waals surface area (Å²) in [6.07, 6.45) is 1.20. The first-order valence-electron chi connectivity index (χ1n) is 11.0. The minimum Gasteiger partial charge on any atom is -0.459 e. The van der Waals surface area contributed by atoms with Gasteiger partial charge in [0.1, 0.15) is 18.3 Å². The van der Waals surface area contributed by atoms with E-state index in [1.807, 2.05) is 13.8 Å². The van der Waals surface area contributed by atoms with Gasteiger partial charge in [-0.25, -0.2) is 4.79 Å². The van der Waals surface area contributed by atoms with Gasteiger partial charge in [0, 0.05) is 42.7 Å². The molecule has 0 unspecified atom stereocenters. The van der Waals surface area contributed by atoms with Gasteiger partial charge in [-0.05, 0) is 39.5 Å². The van der Waals surface area contributed by atoms with E-state index in [-0.39, 0.29) is 36.6 Å². The summed E-state index contributed by atoms with van der Waals surface area (Å²) in [6.45, 7) is 14.4. The zero-order chi connectivity index (χ0) is 23.5. The molecule has 0 aliphatic heterocycles. The van der Waals surface area contributed by atoms with Crippen molar-refractivity contribution in [1.29, 1.82) is 0 Å². The topological polar surface area (TPSA) is 99.1 Å². The fraction of sp³-hybridized carbons (Fsp3) is 0.708. The first-order chi connectivity index (χ1) is 14.4. The van der Waals surface area contributed by atoms with Gasteiger partial charge in [-0.15, -0.1) is 0 Å². The van der Waals surface area contributed by atoms with Crippen molar-refractivity contribution in [2.24, 2.45) is 17.8 Å². The molecule has 0 spiro atoms. The summed E-state index contributed by atoms with van der Waals surface area (Å²) in [5.74, 6) is -2.12. The van der Waals surface area contributed by atoms with Crippen LogP contribution in [0.15, 0.2) is 23.8 Å². The van der Waals surface area contributed by atoms with E-state index in [9.17, 15) is 19.5 Å². The molecule has 7 heteroatoms. The Kier molecular flexibility index (Phi) is 8.09. The van der Waals surface area contributed by atoms with Crippen molar-refractivity contribution in [3.05, 3.63) is 23.8 Å². The molecule has 0 heterocycles. The highest BCUT2D eigenvalue weighted by molar-refractivity contribution is 5.87. The monoisotopic (exact) mass is 436 g/mol. The fourth-order valence-electron chi connectivity index (χ4n) is 4.86. The number of ether oxygens (including phenoxy) is 3. The fourth-order valence-corrected chi connectivity index (χ4v) is 4.86. The molecule has 0 radical (unpaired) electrons.